The van der Waals surface area contributed by atoms with Crippen LogP contribution in [0.4, 0.5) is 5.69 Å². The van der Waals surface area contributed by atoms with E-state index in [-0.39, 0.29) is 11.8 Å². The van der Waals surface area contributed by atoms with Gasteiger partial charge in [-0.25, -0.2) is 0 Å². The second kappa shape index (κ2) is 4.91. The molecule has 1 N–H and O–H groups in total. The van der Waals surface area contributed by atoms with Gasteiger partial charge in [-0.2, -0.15) is 4.98 Å². The fourth-order valence-electron chi connectivity index (χ4n) is 2.32. The molecule has 0 saturated heterocycles. The van der Waals surface area contributed by atoms with E-state index in [9.17, 15) is 4.79 Å². The number of carbonyl (C=O) groups is 1. The summed E-state index contributed by atoms with van der Waals surface area (Å²) in [6, 6.07) is 12.5. The van der Waals surface area contributed by atoms with Crippen molar-refractivity contribution in [1.29, 1.82) is 0 Å². The van der Waals surface area contributed by atoms with Crippen LogP contribution in [0.3, 0.4) is 0 Å². The molecule has 1 amide bonds. The van der Waals surface area contributed by atoms with Gasteiger partial charge < -0.3 is 14.6 Å². The molecule has 0 unspecified atom stereocenters. The average Bonchev–Trinajstić information content (AvgIpc) is 3.07. The molecule has 7 heteroatoms. The molecule has 4 rings (SSSR count). The number of nitrogens with zero attached hydrogens (tertiary/aromatic N) is 3. The number of nitrogens with one attached hydrogen (secondary N) is 1. The van der Waals surface area contributed by atoms with Gasteiger partial charge in [0, 0.05) is 6.20 Å². The van der Waals surface area contributed by atoms with E-state index < -0.39 is 5.60 Å². The molecule has 7 nitrogen and oxygen atoms in total. The number of anilines is 1. The molecule has 2 aromatic heterocycles. The van der Waals surface area contributed by atoms with Crippen molar-refractivity contribution in [1.82, 2.24) is 15.1 Å². The normalized spacial score (nSPS) is 19.6. The van der Waals surface area contributed by atoms with Crippen LogP contribution in [0.25, 0.3) is 11.5 Å². The van der Waals surface area contributed by atoms with Gasteiger partial charge in [0.25, 0.3) is 17.4 Å². The fourth-order valence-corrected chi connectivity index (χ4v) is 2.32. The van der Waals surface area contributed by atoms with Crippen molar-refractivity contribution in [2.75, 3.05) is 5.32 Å². The summed E-state index contributed by atoms with van der Waals surface area (Å²) in [5.74, 6) is 0.557. The van der Waals surface area contributed by atoms with Crippen molar-refractivity contribution in [2.24, 2.45) is 0 Å². The van der Waals surface area contributed by atoms with Gasteiger partial charge in [0.05, 0.1) is 5.69 Å². The molecule has 1 aromatic carbocycles. The second-order valence-electron chi connectivity index (χ2n) is 5.22. The van der Waals surface area contributed by atoms with Crippen LogP contribution in [0.15, 0.2) is 53.2 Å². The Morgan fingerprint density at radius 3 is 2.78 bits per heavy atom. The molecule has 0 spiro atoms. The van der Waals surface area contributed by atoms with Gasteiger partial charge in [-0.1, -0.05) is 23.4 Å². The maximum absolute atomic E-state index is 12.4. The van der Waals surface area contributed by atoms with Crippen LogP contribution in [0.2, 0.25) is 0 Å². The largest absolute Gasteiger partial charge is 0.466 e. The van der Waals surface area contributed by atoms with E-state index in [0.717, 1.165) is 0 Å². The smallest absolute Gasteiger partial charge is 0.280 e. The molecule has 114 valence electrons. The van der Waals surface area contributed by atoms with E-state index in [0.29, 0.717) is 23.0 Å². The van der Waals surface area contributed by atoms with E-state index in [2.05, 4.69) is 20.4 Å². The quantitative estimate of drug-likeness (QED) is 0.781. The van der Waals surface area contributed by atoms with E-state index in [1.807, 2.05) is 18.2 Å². The number of carbonyl (C=O) groups excluding carboxylic acids is 1. The van der Waals surface area contributed by atoms with Gasteiger partial charge in [-0.3, -0.25) is 9.78 Å². The van der Waals surface area contributed by atoms with Crippen molar-refractivity contribution in [3.8, 4) is 17.3 Å². The highest BCUT2D eigenvalue weighted by Crippen LogP contribution is 2.38. The lowest BCUT2D eigenvalue weighted by Crippen LogP contribution is -2.46. The van der Waals surface area contributed by atoms with Gasteiger partial charge in [0.15, 0.2) is 0 Å². The summed E-state index contributed by atoms with van der Waals surface area (Å²) in [6.45, 7) is 1.59. The first kappa shape index (κ1) is 13.4. The molecule has 0 radical (unpaired) electrons. The Kier molecular flexibility index (Phi) is 2.87. The first-order valence-electron chi connectivity index (χ1n) is 7.02. The molecule has 23 heavy (non-hydrogen) atoms. The zero-order valence-electron chi connectivity index (χ0n) is 12.2. The summed E-state index contributed by atoms with van der Waals surface area (Å²) in [6.07, 6.45) is 1.63. The maximum atomic E-state index is 12.4. The lowest BCUT2D eigenvalue weighted by molar-refractivity contribution is -0.133. The number of aromatic nitrogens is 3. The lowest BCUT2D eigenvalue weighted by Gasteiger charge is -2.31. The van der Waals surface area contributed by atoms with E-state index in [1.54, 1.807) is 37.4 Å². The number of hydrogen-bond donors (Lipinski definition) is 1. The Morgan fingerprint density at radius 2 is 1.96 bits per heavy atom. The number of fused-ring (bicyclic) bond motifs is 1. The minimum absolute atomic E-state index is 0.0742. The molecule has 0 saturated carbocycles. The van der Waals surface area contributed by atoms with Crippen molar-refractivity contribution in [3.05, 3.63) is 54.6 Å². The van der Waals surface area contributed by atoms with E-state index in [4.69, 9.17) is 9.26 Å². The first-order chi connectivity index (χ1) is 11.2. The van der Waals surface area contributed by atoms with E-state index >= 15 is 0 Å². The molecular weight excluding hydrogens is 296 g/mol. The van der Waals surface area contributed by atoms with Crippen molar-refractivity contribution in [2.45, 2.75) is 12.5 Å². The maximum Gasteiger partial charge on any atom is 0.280 e. The topological polar surface area (TPSA) is 90.1 Å². The molecule has 0 aliphatic carbocycles. The first-order valence-corrected chi connectivity index (χ1v) is 7.02. The Morgan fingerprint density at radius 1 is 1.13 bits per heavy atom. The summed E-state index contributed by atoms with van der Waals surface area (Å²) in [5, 5.41) is 6.68. The zero-order chi connectivity index (χ0) is 15.9. The molecule has 3 aromatic rings. The van der Waals surface area contributed by atoms with Crippen LogP contribution in [0.1, 0.15) is 12.8 Å². The van der Waals surface area contributed by atoms with Crippen LogP contribution in [-0.2, 0) is 10.4 Å². The third kappa shape index (κ3) is 2.13. The van der Waals surface area contributed by atoms with Gasteiger partial charge in [-0.05, 0) is 31.2 Å². The second-order valence-corrected chi connectivity index (χ2v) is 5.22. The number of pyridine rings is 1. The minimum atomic E-state index is -1.39. The van der Waals surface area contributed by atoms with E-state index in [1.165, 1.54) is 0 Å². The minimum Gasteiger partial charge on any atom is -0.466 e. The highest BCUT2D eigenvalue weighted by Gasteiger charge is 2.47. The molecule has 0 fully saturated rings. The Bertz CT molecular complexity index is 878. The van der Waals surface area contributed by atoms with Crippen LogP contribution in [0.5, 0.6) is 5.75 Å². The van der Waals surface area contributed by atoms with Gasteiger partial charge in [0.2, 0.25) is 5.82 Å². The number of benzene rings is 1. The van der Waals surface area contributed by atoms with Gasteiger partial charge in [-0.15, -0.1) is 0 Å². The Labute approximate surface area is 131 Å². The standard InChI is InChI=1S/C16H12N4O3/c1-16(14(21)18-10-6-2-3-8-12(10)22-16)15-19-13(20-23-15)11-7-4-5-9-17-11/h2-9H,1H3,(H,18,21)/t16-/m1/s1. The van der Waals surface area contributed by atoms with Gasteiger partial charge in [0.1, 0.15) is 11.4 Å². The molecular formula is C16H12N4O3. The number of para-hydroxylation sites is 2. The molecule has 1 aliphatic rings. The fraction of sp³-hybridized carbons (Fsp3) is 0.125. The third-order valence-corrected chi connectivity index (χ3v) is 3.61. The van der Waals surface area contributed by atoms with Gasteiger partial charge >= 0.3 is 0 Å². The summed E-state index contributed by atoms with van der Waals surface area (Å²) < 4.78 is 11.1. The molecule has 1 atom stereocenters. The predicted molar refractivity (Wildman–Crippen MR) is 80.6 cm³/mol. The third-order valence-electron chi connectivity index (χ3n) is 3.61. The highest BCUT2D eigenvalue weighted by molar-refractivity contribution is 6.00. The summed E-state index contributed by atoms with van der Waals surface area (Å²) in [5.41, 5.74) is -0.226. The van der Waals surface area contributed by atoms with Crippen molar-refractivity contribution < 1.29 is 14.1 Å². The highest BCUT2D eigenvalue weighted by atomic mass is 16.5. The number of amides is 1. The number of rotatable bonds is 2. The molecule has 1 aliphatic heterocycles. The van der Waals surface area contributed by atoms with Crippen molar-refractivity contribution in [3.63, 3.8) is 0 Å². The lowest BCUT2D eigenvalue weighted by atomic mass is 10.0. The van der Waals surface area contributed by atoms with Crippen LogP contribution in [-0.4, -0.2) is 21.0 Å². The summed E-state index contributed by atoms with van der Waals surface area (Å²) >= 11 is 0. The van der Waals surface area contributed by atoms with Crippen LogP contribution < -0.4 is 10.1 Å². The average molecular weight is 308 g/mol. The SMILES string of the molecule is C[C@@]1(c2nc(-c3ccccn3)no2)Oc2ccccc2NC1=O. The predicted octanol–water partition coefficient (Wildman–Crippen LogP) is 2.38. The zero-order valence-corrected chi connectivity index (χ0v) is 12.2. The monoisotopic (exact) mass is 308 g/mol. The summed E-state index contributed by atoms with van der Waals surface area (Å²) in [4.78, 5) is 20.9. The summed E-state index contributed by atoms with van der Waals surface area (Å²) in [7, 11) is 0. The Hall–Kier alpha value is -3.22. The van der Waals surface area contributed by atoms with Crippen LogP contribution in [0, 0.1) is 0 Å². The number of ether oxygens (including phenoxy) is 1. The van der Waals surface area contributed by atoms with Crippen molar-refractivity contribution >= 4 is 11.6 Å². The Balaban J connectivity index is 1.73. The molecule has 0 bridgehead atoms. The number of hydrogen-bond acceptors (Lipinski definition) is 6. The van der Waals surface area contributed by atoms with Crippen LogP contribution >= 0.6 is 0 Å². The molecule has 3 heterocycles.